The molecule has 5 heteroatoms. The van der Waals surface area contributed by atoms with Gasteiger partial charge in [-0.15, -0.1) is 0 Å². The van der Waals surface area contributed by atoms with Gasteiger partial charge in [-0.2, -0.15) is 0 Å². The van der Waals surface area contributed by atoms with E-state index in [9.17, 15) is 9.90 Å². The van der Waals surface area contributed by atoms with Gasteiger partial charge in [-0.1, -0.05) is 26.2 Å². The molecule has 2 rings (SSSR count). The molecule has 2 heterocycles. The van der Waals surface area contributed by atoms with Crippen molar-refractivity contribution < 1.29 is 5.11 Å². The molecule has 0 bridgehead atoms. The molecule has 0 saturated carbocycles. The van der Waals surface area contributed by atoms with Gasteiger partial charge in [0, 0.05) is 6.20 Å². The van der Waals surface area contributed by atoms with Crippen LogP contribution in [0.25, 0.3) is 5.65 Å². The fraction of sp³-hybridized carbons (Fsp3) is 0.500. The van der Waals surface area contributed by atoms with E-state index in [-0.39, 0.29) is 5.69 Å². The number of imidazole rings is 1. The normalized spacial score (nSPS) is 13.1. The van der Waals surface area contributed by atoms with E-state index in [0.29, 0.717) is 17.8 Å². The molecule has 0 aliphatic rings. The molecule has 0 amide bonds. The maximum Gasteiger partial charge on any atom is 0.331 e. The summed E-state index contributed by atoms with van der Waals surface area (Å²) in [4.78, 5) is 18.3. The Morgan fingerprint density at radius 2 is 2.35 bits per heavy atom. The van der Waals surface area contributed by atoms with Crippen molar-refractivity contribution in [3.63, 3.8) is 0 Å². The van der Waals surface area contributed by atoms with E-state index >= 15 is 0 Å². The van der Waals surface area contributed by atoms with Crippen molar-refractivity contribution in [2.45, 2.75) is 38.7 Å². The Labute approximate surface area is 99.1 Å². The molecule has 0 fully saturated rings. The van der Waals surface area contributed by atoms with Gasteiger partial charge in [0.25, 0.3) is 0 Å². The summed E-state index contributed by atoms with van der Waals surface area (Å²) < 4.78 is 1.43. The minimum atomic E-state index is -0.625. The van der Waals surface area contributed by atoms with Crippen molar-refractivity contribution in [1.82, 2.24) is 14.4 Å². The molecule has 17 heavy (non-hydrogen) atoms. The van der Waals surface area contributed by atoms with Crippen LogP contribution in [0.5, 0.6) is 0 Å². The second-order valence-corrected chi connectivity index (χ2v) is 4.17. The van der Waals surface area contributed by atoms with E-state index in [0.717, 1.165) is 19.3 Å². The quantitative estimate of drug-likeness (QED) is 0.774. The number of aliphatic hydroxyl groups is 1. The first-order chi connectivity index (χ1) is 8.24. The number of nitrogens with one attached hydrogen (secondary N) is 1. The van der Waals surface area contributed by atoms with E-state index in [1.807, 2.05) is 0 Å². The molecule has 0 aliphatic carbocycles. The topological polar surface area (TPSA) is 70.4 Å². The van der Waals surface area contributed by atoms with Crippen LogP contribution >= 0.6 is 0 Å². The Hall–Kier alpha value is -1.62. The van der Waals surface area contributed by atoms with Crippen LogP contribution < -0.4 is 5.69 Å². The minimum Gasteiger partial charge on any atom is -0.387 e. The number of hydrogen-bond acceptors (Lipinski definition) is 3. The number of hydrogen-bond donors (Lipinski definition) is 2. The second-order valence-electron chi connectivity index (χ2n) is 4.17. The van der Waals surface area contributed by atoms with E-state index in [1.165, 1.54) is 4.40 Å². The van der Waals surface area contributed by atoms with Gasteiger partial charge in [0.05, 0.1) is 18.0 Å². The van der Waals surface area contributed by atoms with Gasteiger partial charge < -0.3 is 10.1 Å². The summed E-state index contributed by atoms with van der Waals surface area (Å²) in [5, 5.41) is 10.0. The molecule has 92 valence electrons. The Bertz CT molecular complexity index is 544. The van der Waals surface area contributed by atoms with E-state index in [4.69, 9.17) is 0 Å². The van der Waals surface area contributed by atoms with Gasteiger partial charge in [0.15, 0.2) is 0 Å². The summed E-state index contributed by atoms with van der Waals surface area (Å²) in [6, 6.07) is 1.71. The molecule has 0 radical (unpaired) electrons. The number of aliphatic hydroxyl groups excluding tert-OH is 1. The van der Waals surface area contributed by atoms with Gasteiger partial charge in [-0.25, -0.2) is 14.2 Å². The summed E-state index contributed by atoms with van der Waals surface area (Å²) in [6.07, 6.45) is 6.31. The number of fused-ring (bicyclic) bond motifs is 1. The first-order valence-electron chi connectivity index (χ1n) is 5.97. The van der Waals surface area contributed by atoms with Crippen LogP contribution in [-0.4, -0.2) is 19.5 Å². The molecule has 0 spiro atoms. The highest BCUT2D eigenvalue weighted by molar-refractivity contribution is 5.38. The fourth-order valence-electron chi connectivity index (χ4n) is 1.94. The molecule has 0 unspecified atom stereocenters. The molecule has 2 aromatic heterocycles. The van der Waals surface area contributed by atoms with Crippen molar-refractivity contribution in [3.8, 4) is 0 Å². The van der Waals surface area contributed by atoms with Crippen LogP contribution in [0.2, 0.25) is 0 Å². The zero-order chi connectivity index (χ0) is 12.3. The zero-order valence-corrected chi connectivity index (χ0v) is 9.89. The van der Waals surface area contributed by atoms with Crippen molar-refractivity contribution in [3.05, 3.63) is 34.6 Å². The highest BCUT2D eigenvalue weighted by Crippen LogP contribution is 2.19. The maximum absolute atomic E-state index is 11.7. The van der Waals surface area contributed by atoms with E-state index in [2.05, 4.69) is 16.9 Å². The SMILES string of the molecule is CCCCC[C@@H](O)c1cnc2cc[nH]c(=O)n12. The molecule has 0 aromatic carbocycles. The van der Waals surface area contributed by atoms with Crippen LogP contribution in [0, 0.1) is 0 Å². The third-order valence-corrected chi connectivity index (χ3v) is 2.88. The summed E-state index contributed by atoms with van der Waals surface area (Å²) in [7, 11) is 0. The first-order valence-corrected chi connectivity index (χ1v) is 5.97. The van der Waals surface area contributed by atoms with Gasteiger partial charge in [0.1, 0.15) is 5.65 Å². The Kier molecular flexibility index (Phi) is 3.58. The molecular formula is C12H17N3O2. The Balaban J connectivity index is 2.26. The van der Waals surface area contributed by atoms with Crippen molar-refractivity contribution >= 4 is 5.65 Å². The molecule has 1 atom stereocenters. The number of aromatic amines is 1. The highest BCUT2D eigenvalue weighted by atomic mass is 16.3. The van der Waals surface area contributed by atoms with Crippen LogP contribution in [-0.2, 0) is 0 Å². The van der Waals surface area contributed by atoms with E-state index in [1.54, 1.807) is 18.5 Å². The average Bonchev–Trinajstić information content (AvgIpc) is 2.74. The standard InChI is InChI=1S/C12H17N3O2/c1-2-3-4-5-10(16)9-8-14-11-6-7-13-12(17)15(9)11/h6-8,10,16H,2-5H2,1H3,(H,13,17)/t10-/m1/s1. The summed E-state index contributed by atoms with van der Waals surface area (Å²) in [6.45, 7) is 2.12. The number of rotatable bonds is 5. The Morgan fingerprint density at radius 1 is 1.53 bits per heavy atom. The van der Waals surface area contributed by atoms with Crippen molar-refractivity contribution in [2.24, 2.45) is 0 Å². The van der Waals surface area contributed by atoms with Gasteiger partial charge >= 0.3 is 5.69 Å². The monoisotopic (exact) mass is 235 g/mol. The second kappa shape index (κ2) is 5.14. The average molecular weight is 235 g/mol. The summed E-state index contributed by atoms with van der Waals surface area (Å²) in [5.41, 5.74) is 0.876. The molecule has 0 saturated heterocycles. The van der Waals surface area contributed by atoms with Crippen LogP contribution in [0.4, 0.5) is 0 Å². The highest BCUT2D eigenvalue weighted by Gasteiger charge is 2.14. The smallest absolute Gasteiger partial charge is 0.331 e. The lowest BCUT2D eigenvalue weighted by Crippen LogP contribution is -2.18. The lowest BCUT2D eigenvalue weighted by molar-refractivity contribution is 0.157. The van der Waals surface area contributed by atoms with Gasteiger partial charge in [-0.3, -0.25) is 0 Å². The van der Waals surface area contributed by atoms with Gasteiger partial charge in [-0.05, 0) is 12.5 Å². The third-order valence-electron chi connectivity index (χ3n) is 2.88. The van der Waals surface area contributed by atoms with Crippen LogP contribution in [0.15, 0.2) is 23.3 Å². The number of H-pyrrole nitrogens is 1. The van der Waals surface area contributed by atoms with Gasteiger partial charge in [0.2, 0.25) is 0 Å². The predicted octanol–water partition coefficient (Wildman–Crippen LogP) is 1.64. The largest absolute Gasteiger partial charge is 0.387 e. The van der Waals surface area contributed by atoms with Crippen molar-refractivity contribution in [2.75, 3.05) is 0 Å². The minimum absolute atomic E-state index is 0.260. The maximum atomic E-state index is 11.7. The third kappa shape index (κ3) is 2.39. The summed E-state index contributed by atoms with van der Waals surface area (Å²) >= 11 is 0. The molecular weight excluding hydrogens is 218 g/mol. The number of unbranched alkanes of at least 4 members (excludes halogenated alkanes) is 2. The Morgan fingerprint density at radius 3 is 3.12 bits per heavy atom. The van der Waals surface area contributed by atoms with Crippen LogP contribution in [0.3, 0.4) is 0 Å². The molecule has 2 N–H and O–H groups in total. The number of aromatic nitrogens is 3. The molecule has 0 aliphatic heterocycles. The predicted molar refractivity (Wildman–Crippen MR) is 64.9 cm³/mol. The molecule has 5 nitrogen and oxygen atoms in total. The zero-order valence-electron chi connectivity index (χ0n) is 9.89. The lowest BCUT2D eigenvalue weighted by atomic mass is 10.1. The van der Waals surface area contributed by atoms with Crippen molar-refractivity contribution in [1.29, 1.82) is 0 Å². The van der Waals surface area contributed by atoms with E-state index < -0.39 is 6.10 Å². The van der Waals surface area contributed by atoms with Crippen LogP contribution in [0.1, 0.15) is 44.4 Å². The fourth-order valence-corrected chi connectivity index (χ4v) is 1.94. The lowest BCUT2D eigenvalue weighted by Gasteiger charge is -2.09. The summed E-state index contributed by atoms with van der Waals surface area (Å²) in [5.74, 6) is 0. The molecule has 2 aromatic rings. The first kappa shape index (κ1) is 11.9. The number of nitrogens with zero attached hydrogens (tertiary/aromatic N) is 2.